The molecule has 3 fully saturated rings. The van der Waals surface area contributed by atoms with Crippen molar-refractivity contribution in [3.63, 3.8) is 0 Å². The Morgan fingerprint density at radius 1 is 0.811 bits per heavy atom. The maximum atomic E-state index is 12.6. The average Bonchev–Trinajstić information content (AvgIpc) is 3.46. The highest BCUT2D eigenvalue weighted by atomic mass is 16.5. The van der Waals surface area contributed by atoms with Crippen LogP contribution in [0.4, 0.5) is 11.6 Å². The minimum Gasteiger partial charge on any atom is -0.381 e. The van der Waals surface area contributed by atoms with Gasteiger partial charge in [-0.1, -0.05) is 65.8 Å². The standard InChI is InChI=1S/C19H20N4O2.C9H8N2O/c24-19-13-17(22-11-10-21-8-6-15(22)7-9-21)20-18-12-16(25-23(18)19)14-4-2-1-3-5-14;10-9-6-8(12-11-9)7-4-2-1-3-5-7/h1-5,12-13,15H,6-11H2;1-6H,(H2,10,11). The Balaban J connectivity index is 0.000000176. The lowest BCUT2D eigenvalue weighted by Gasteiger charge is -2.31. The molecule has 3 aliphatic heterocycles. The van der Waals surface area contributed by atoms with Gasteiger partial charge in [0.2, 0.25) is 0 Å². The van der Waals surface area contributed by atoms with Crippen LogP contribution in [-0.4, -0.2) is 51.8 Å². The summed E-state index contributed by atoms with van der Waals surface area (Å²) in [6.45, 7) is 4.26. The molecule has 188 valence electrons. The monoisotopic (exact) mass is 496 g/mol. The summed E-state index contributed by atoms with van der Waals surface area (Å²) in [4.78, 5) is 22.1. The highest BCUT2D eigenvalue weighted by Crippen LogP contribution is 2.27. The van der Waals surface area contributed by atoms with E-state index in [1.807, 2.05) is 66.7 Å². The Hall–Kier alpha value is -4.37. The summed E-state index contributed by atoms with van der Waals surface area (Å²) in [5.41, 5.74) is 7.74. The topological polar surface area (TPSA) is 106 Å². The van der Waals surface area contributed by atoms with Gasteiger partial charge in [-0.3, -0.25) is 4.79 Å². The van der Waals surface area contributed by atoms with Crippen molar-refractivity contribution in [2.24, 2.45) is 0 Å². The minimum atomic E-state index is -0.165. The van der Waals surface area contributed by atoms with Gasteiger partial charge in [0.15, 0.2) is 23.0 Å². The van der Waals surface area contributed by atoms with E-state index >= 15 is 0 Å². The first-order valence-corrected chi connectivity index (χ1v) is 12.5. The third kappa shape index (κ3) is 4.85. The van der Waals surface area contributed by atoms with Gasteiger partial charge in [0.1, 0.15) is 5.82 Å². The Kier molecular flexibility index (Phi) is 6.20. The molecule has 3 aromatic heterocycles. The Bertz CT molecular complexity index is 1530. The molecular weight excluding hydrogens is 468 g/mol. The van der Waals surface area contributed by atoms with E-state index in [1.54, 1.807) is 12.1 Å². The maximum absolute atomic E-state index is 12.6. The summed E-state index contributed by atoms with van der Waals surface area (Å²) < 4.78 is 12.0. The number of anilines is 2. The van der Waals surface area contributed by atoms with Gasteiger partial charge in [0.25, 0.3) is 5.56 Å². The molecule has 9 nitrogen and oxygen atoms in total. The Morgan fingerprint density at radius 3 is 2.14 bits per heavy atom. The second-order valence-electron chi connectivity index (χ2n) is 9.32. The molecule has 0 atom stereocenters. The number of fused-ring (bicyclic) bond motifs is 5. The highest BCUT2D eigenvalue weighted by Gasteiger charge is 2.30. The van der Waals surface area contributed by atoms with E-state index in [-0.39, 0.29) is 5.56 Å². The summed E-state index contributed by atoms with van der Waals surface area (Å²) in [5, 5.41) is 3.60. The fourth-order valence-corrected chi connectivity index (χ4v) is 5.00. The van der Waals surface area contributed by atoms with Crippen LogP contribution in [0.25, 0.3) is 28.3 Å². The molecule has 9 heteroatoms. The molecule has 0 saturated carbocycles. The summed E-state index contributed by atoms with van der Waals surface area (Å²) in [6.07, 6.45) is 2.28. The van der Waals surface area contributed by atoms with Gasteiger partial charge in [-0.2, -0.15) is 0 Å². The fraction of sp³-hybridized carbons (Fsp3) is 0.250. The van der Waals surface area contributed by atoms with E-state index in [9.17, 15) is 4.79 Å². The Labute approximate surface area is 213 Å². The molecule has 37 heavy (non-hydrogen) atoms. The molecule has 3 aliphatic rings. The lowest BCUT2D eigenvalue weighted by atomic mass is 10.1. The molecule has 5 aromatic rings. The van der Waals surface area contributed by atoms with Crippen LogP contribution in [0.1, 0.15) is 12.8 Å². The zero-order chi connectivity index (χ0) is 25.2. The molecule has 0 amide bonds. The summed E-state index contributed by atoms with van der Waals surface area (Å²) in [6, 6.07) is 25.1. The van der Waals surface area contributed by atoms with E-state index in [4.69, 9.17) is 19.8 Å². The van der Waals surface area contributed by atoms with Crippen molar-refractivity contribution in [1.29, 1.82) is 0 Å². The van der Waals surface area contributed by atoms with Crippen LogP contribution >= 0.6 is 0 Å². The average molecular weight is 497 g/mol. The zero-order valence-corrected chi connectivity index (χ0v) is 20.4. The normalized spacial score (nSPS) is 18.9. The first-order valence-electron chi connectivity index (χ1n) is 12.5. The molecular formula is C28H28N6O3. The lowest BCUT2D eigenvalue weighted by molar-refractivity contribution is 0.250. The Morgan fingerprint density at radius 2 is 1.49 bits per heavy atom. The quantitative estimate of drug-likeness (QED) is 0.397. The maximum Gasteiger partial charge on any atom is 0.289 e. The van der Waals surface area contributed by atoms with Gasteiger partial charge in [0, 0.05) is 61.5 Å². The number of aromatic nitrogens is 3. The van der Waals surface area contributed by atoms with E-state index in [2.05, 4.69) is 15.0 Å². The number of nitrogens with zero attached hydrogens (tertiary/aromatic N) is 5. The molecule has 8 rings (SSSR count). The van der Waals surface area contributed by atoms with Gasteiger partial charge in [-0.25, -0.2) is 4.98 Å². The van der Waals surface area contributed by atoms with Crippen molar-refractivity contribution in [3.05, 3.63) is 89.2 Å². The molecule has 0 radical (unpaired) electrons. The summed E-state index contributed by atoms with van der Waals surface area (Å²) in [5.74, 6) is 2.55. The lowest BCUT2D eigenvalue weighted by Crippen LogP contribution is -2.38. The van der Waals surface area contributed by atoms with E-state index in [0.29, 0.717) is 29.0 Å². The number of piperidine rings is 1. The third-order valence-corrected chi connectivity index (χ3v) is 6.93. The van der Waals surface area contributed by atoms with E-state index in [1.165, 1.54) is 4.57 Å². The van der Waals surface area contributed by atoms with Crippen LogP contribution in [0.2, 0.25) is 0 Å². The number of benzene rings is 2. The number of hydrogen-bond acceptors (Lipinski definition) is 8. The van der Waals surface area contributed by atoms with Crippen LogP contribution < -0.4 is 16.2 Å². The summed E-state index contributed by atoms with van der Waals surface area (Å²) >= 11 is 0. The van der Waals surface area contributed by atoms with E-state index < -0.39 is 0 Å². The molecule has 2 bridgehead atoms. The second-order valence-corrected chi connectivity index (χ2v) is 9.32. The number of nitrogen functional groups attached to an aromatic ring is 1. The zero-order valence-electron chi connectivity index (χ0n) is 20.4. The molecule has 6 heterocycles. The van der Waals surface area contributed by atoms with Gasteiger partial charge < -0.3 is 24.6 Å². The van der Waals surface area contributed by atoms with Crippen LogP contribution in [0.15, 0.2) is 92.7 Å². The highest BCUT2D eigenvalue weighted by molar-refractivity contribution is 5.63. The number of rotatable bonds is 3. The van der Waals surface area contributed by atoms with Gasteiger partial charge in [-0.15, -0.1) is 4.57 Å². The number of nitrogens with two attached hydrogens (primary N) is 1. The van der Waals surface area contributed by atoms with Gasteiger partial charge in [-0.05, 0) is 12.8 Å². The smallest absolute Gasteiger partial charge is 0.289 e. The largest absolute Gasteiger partial charge is 0.381 e. The van der Waals surface area contributed by atoms with Crippen LogP contribution in [0.3, 0.4) is 0 Å². The molecule has 3 saturated heterocycles. The van der Waals surface area contributed by atoms with Gasteiger partial charge >= 0.3 is 0 Å². The SMILES string of the molecule is Nc1cc(-c2ccccc2)on1.O=c1cc(N2CCN3CCC2CC3)nc2cc(-c3ccccc3)on12. The predicted molar refractivity (Wildman–Crippen MR) is 142 cm³/mol. The van der Waals surface area contributed by atoms with Gasteiger partial charge in [0.05, 0.1) is 0 Å². The third-order valence-electron chi connectivity index (χ3n) is 6.93. The fourth-order valence-electron chi connectivity index (χ4n) is 5.00. The predicted octanol–water partition coefficient (Wildman–Crippen LogP) is 4.16. The van der Waals surface area contributed by atoms with Crippen LogP contribution in [0.5, 0.6) is 0 Å². The molecule has 0 aliphatic carbocycles. The van der Waals surface area contributed by atoms with Crippen LogP contribution in [-0.2, 0) is 0 Å². The van der Waals surface area contributed by atoms with Crippen molar-refractivity contribution >= 4 is 17.3 Å². The van der Waals surface area contributed by atoms with Crippen molar-refractivity contribution in [2.45, 2.75) is 18.9 Å². The van der Waals surface area contributed by atoms with Crippen LogP contribution in [0, 0.1) is 0 Å². The van der Waals surface area contributed by atoms with Crippen molar-refractivity contribution in [3.8, 4) is 22.6 Å². The van der Waals surface area contributed by atoms with Crippen molar-refractivity contribution in [2.75, 3.05) is 36.8 Å². The molecule has 2 N–H and O–H groups in total. The first-order chi connectivity index (χ1) is 18.1. The summed E-state index contributed by atoms with van der Waals surface area (Å²) in [7, 11) is 0. The van der Waals surface area contributed by atoms with Crippen molar-refractivity contribution in [1.82, 2.24) is 19.6 Å². The number of hydrogen-bond donors (Lipinski definition) is 1. The molecule has 0 spiro atoms. The molecule has 2 aromatic carbocycles. The van der Waals surface area contributed by atoms with E-state index in [0.717, 1.165) is 56.0 Å². The first kappa shape index (κ1) is 23.1. The van der Waals surface area contributed by atoms with Crippen molar-refractivity contribution < 1.29 is 9.05 Å². The molecule has 0 unspecified atom stereocenters. The minimum absolute atomic E-state index is 0.165. The second kappa shape index (κ2) is 9.94.